The lowest BCUT2D eigenvalue weighted by Gasteiger charge is -2.26. The lowest BCUT2D eigenvalue weighted by atomic mass is 9.87. The molecule has 1 aliphatic heterocycles. The molecule has 0 saturated heterocycles. The van der Waals surface area contributed by atoms with E-state index < -0.39 is 18.0 Å². The third-order valence-corrected chi connectivity index (χ3v) is 6.86. The van der Waals surface area contributed by atoms with Crippen LogP contribution in [0.4, 0.5) is 20.7 Å². The summed E-state index contributed by atoms with van der Waals surface area (Å²) in [6.07, 6.45) is 5.09. The zero-order chi connectivity index (χ0) is 24.5. The van der Waals surface area contributed by atoms with Gasteiger partial charge in [-0.25, -0.2) is 19.2 Å². The smallest absolute Gasteiger partial charge is 0.413 e. The fraction of sp³-hybridized carbons (Fsp3) is 0.360. The average Bonchev–Trinajstić information content (AvgIpc) is 2.87. The van der Waals surface area contributed by atoms with Crippen molar-refractivity contribution in [2.45, 2.75) is 38.7 Å². The molecular weight excluding hydrogens is 473 g/mol. The van der Waals surface area contributed by atoms with Crippen molar-refractivity contribution < 1.29 is 18.7 Å². The van der Waals surface area contributed by atoms with Crippen LogP contribution >= 0.6 is 11.6 Å². The molecule has 2 N–H and O–H groups in total. The van der Waals surface area contributed by atoms with Crippen molar-refractivity contribution >= 4 is 40.0 Å². The van der Waals surface area contributed by atoms with E-state index in [0.29, 0.717) is 48.2 Å². The van der Waals surface area contributed by atoms with Gasteiger partial charge in [-0.3, -0.25) is 5.32 Å². The minimum Gasteiger partial charge on any atom is -0.474 e. The minimum atomic E-state index is -0.682. The first kappa shape index (κ1) is 23.1. The monoisotopic (exact) mass is 495 g/mol. The number of ether oxygens (including phenoxy) is 2. The van der Waals surface area contributed by atoms with Crippen LogP contribution in [0.3, 0.4) is 0 Å². The zero-order valence-corrected chi connectivity index (χ0v) is 19.8. The molecule has 180 valence electrons. The van der Waals surface area contributed by atoms with Crippen molar-refractivity contribution in [2.75, 3.05) is 23.8 Å². The number of nitrogens with one attached hydrogen (secondary N) is 2. The second-order valence-corrected chi connectivity index (χ2v) is 9.06. The van der Waals surface area contributed by atoms with Crippen molar-refractivity contribution in [3.63, 3.8) is 0 Å². The molecule has 2 aliphatic rings. The number of aromatic nitrogens is 2. The topological polar surface area (TPSA) is 109 Å². The van der Waals surface area contributed by atoms with Gasteiger partial charge < -0.3 is 14.8 Å². The highest BCUT2D eigenvalue weighted by Crippen LogP contribution is 2.40. The lowest BCUT2D eigenvalue weighted by Crippen LogP contribution is -2.31. The van der Waals surface area contributed by atoms with E-state index in [4.69, 9.17) is 21.1 Å². The predicted molar refractivity (Wildman–Crippen MR) is 130 cm³/mol. The van der Waals surface area contributed by atoms with Gasteiger partial charge in [0.25, 0.3) is 0 Å². The van der Waals surface area contributed by atoms with Crippen molar-refractivity contribution in [2.24, 2.45) is 5.92 Å². The SMILES string of the molecule is Cc1c(-c2cc3cc(NC(=O)O[C@H]4CCCC[C@@H]4C#N)ncc3c(Cl)c2F)cnc2c1NCCO2. The number of hydrogen-bond donors (Lipinski definition) is 2. The quantitative estimate of drug-likeness (QED) is 0.470. The zero-order valence-electron chi connectivity index (χ0n) is 19.0. The number of nitrogens with zero attached hydrogens (tertiary/aromatic N) is 3. The number of halogens is 2. The molecule has 0 bridgehead atoms. The van der Waals surface area contributed by atoms with Crippen LogP contribution in [0.15, 0.2) is 24.5 Å². The number of fused-ring (bicyclic) bond motifs is 2. The molecule has 1 aliphatic carbocycles. The maximum Gasteiger partial charge on any atom is 0.413 e. The van der Waals surface area contributed by atoms with E-state index in [1.165, 1.54) is 6.20 Å². The molecule has 35 heavy (non-hydrogen) atoms. The highest BCUT2D eigenvalue weighted by atomic mass is 35.5. The number of rotatable bonds is 3. The van der Waals surface area contributed by atoms with Gasteiger partial charge in [0.05, 0.1) is 17.0 Å². The number of pyridine rings is 2. The average molecular weight is 496 g/mol. The maximum absolute atomic E-state index is 15.3. The summed E-state index contributed by atoms with van der Waals surface area (Å²) in [6, 6.07) is 5.48. The van der Waals surface area contributed by atoms with Crippen molar-refractivity contribution in [3.8, 4) is 23.1 Å². The van der Waals surface area contributed by atoms with Crippen LogP contribution in [0.1, 0.15) is 31.2 Å². The van der Waals surface area contributed by atoms with Crippen molar-refractivity contribution in [3.05, 3.63) is 40.9 Å². The summed E-state index contributed by atoms with van der Waals surface area (Å²) in [4.78, 5) is 21.0. The largest absolute Gasteiger partial charge is 0.474 e. The molecule has 2 aromatic heterocycles. The third-order valence-electron chi connectivity index (χ3n) is 6.49. The maximum atomic E-state index is 15.3. The number of carbonyl (C=O) groups is 1. The summed E-state index contributed by atoms with van der Waals surface area (Å²) < 4.78 is 26.4. The molecule has 2 atom stereocenters. The second-order valence-electron chi connectivity index (χ2n) is 8.68. The van der Waals surface area contributed by atoms with Crippen molar-refractivity contribution in [1.82, 2.24) is 9.97 Å². The number of hydrogen-bond acceptors (Lipinski definition) is 7. The Labute approximate surface area is 206 Å². The molecule has 1 amide bonds. The highest BCUT2D eigenvalue weighted by molar-refractivity contribution is 6.36. The van der Waals surface area contributed by atoms with Gasteiger partial charge in [0.2, 0.25) is 5.88 Å². The van der Waals surface area contributed by atoms with Gasteiger partial charge >= 0.3 is 6.09 Å². The second kappa shape index (κ2) is 9.55. The van der Waals surface area contributed by atoms with Gasteiger partial charge in [-0.1, -0.05) is 18.0 Å². The van der Waals surface area contributed by atoms with Gasteiger partial charge in [-0.2, -0.15) is 5.26 Å². The Hall–Kier alpha value is -3.64. The number of carbonyl (C=O) groups excluding carboxylic acids is 1. The van der Waals surface area contributed by atoms with E-state index in [0.717, 1.165) is 24.1 Å². The first-order chi connectivity index (χ1) is 17.0. The first-order valence-electron chi connectivity index (χ1n) is 11.5. The van der Waals surface area contributed by atoms with Gasteiger partial charge in [-0.05, 0) is 49.3 Å². The van der Waals surface area contributed by atoms with Gasteiger partial charge in [-0.15, -0.1) is 0 Å². The Kier molecular flexibility index (Phi) is 6.31. The molecular formula is C25H23ClFN5O3. The predicted octanol–water partition coefficient (Wildman–Crippen LogP) is 5.83. The summed E-state index contributed by atoms with van der Waals surface area (Å²) >= 11 is 6.38. The van der Waals surface area contributed by atoms with Crippen LogP contribution in [0.25, 0.3) is 21.9 Å². The van der Waals surface area contributed by atoms with Crippen LogP contribution in [0.2, 0.25) is 5.02 Å². The van der Waals surface area contributed by atoms with Crippen LogP contribution in [0.5, 0.6) is 5.88 Å². The van der Waals surface area contributed by atoms with Crippen LogP contribution < -0.4 is 15.4 Å². The van der Waals surface area contributed by atoms with Crippen molar-refractivity contribution in [1.29, 1.82) is 5.26 Å². The molecule has 1 aromatic carbocycles. The molecule has 3 aromatic rings. The molecule has 0 spiro atoms. The fourth-order valence-corrected chi connectivity index (χ4v) is 4.90. The highest BCUT2D eigenvalue weighted by Gasteiger charge is 2.28. The van der Waals surface area contributed by atoms with E-state index in [2.05, 4.69) is 26.7 Å². The molecule has 3 heterocycles. The first-order valence-corrected chi connectivity index (χ1v) is 11.9. The number of benzene rings is 1. The van der Waals surface area contributed by atoms with Crippen LogP contribution in [-0.2, 0) is 4.74 Å². The fourth-order valence-electron chi connectivity index (χ4n) is 4.64. The molecule has 0 radical (unpaired) electrons. The number of nitriles is 1. The molecule has 10 heteroatoms. The van der Waals surface area contributed by atoms with E-state index in [1.807, 2.05) is 6.92 Å². The summed E-state index contributed by atoms with van der Waals surface area (Å²) in [5, 5.41) is 16.1. The Balaban J connectivity index is 1.45. The standard InChI is InChI=1S/C25H23ClFN5O3/c1-13-17(11-31-24-23(13)29-6-7-34-24)16-8-15-9-20(30-12-18(15)21(26)22(16)27)32-25(33)35-19-5-3-2-4-14(19)10-28/h8-9,11-12,14,19,29H,2-7H2,1H3,(H,30,32,33)/t14-,19+/m1/s1. The molecule has 1 saturated carbocycles. The Morgan fingerprint density at radius 3 is 2.94 bits per heavy atom. The molecule has 5 rings (SSSR count). The number of anilines is 2. The third kappa shape index (κ3) is 4.42. The minimum absolute atomic E-state index is 0.0699. The Morgan fingerprint density at radius 1 is 1.29 bits per heavy atom. The lowest BCUT2D eigenvalue weighted by molar-refractivity contribution is 0.0642. The summed E-state index contributed by atoms with van der Waals surface area (Å²) in [5.74, 6) is -0.175. The van der Waals surface area contributed by atoms with E-state index in [9.17, 15) is 10.1 Å². The van der Waals surface area contributed by atoms with Gasteiger partial charge in [0.15, 0.2) is 0 Å². The van der Waals surface area contributed by atoms with Gasteiger partial charge in [0, 0.05) is 35.5 Å². The summed E-state index contributed by atoms with van der Waals surface area (Å²) in [5.41, 5.74) is 2.37. The Morgan fingerprint density at radius 2 is 2.11 bits per heavy atom. The normalized spacial score (nSPS) is 19.1. The van der Waals surface area contributed by atoms with E-state index in [-0.39, 0.29) is 22.3 Å². The van der Waals surface area contributed by atoms with E-state index in [1.54, 1.807) is 18.3 Å². The summed E-state index contributed by atoms with van der Waals surface area (Å²) in [7, 11) is 0. The summed E-state index contributed by atoms with van der Waals surface area (Å²) in [6.45, 7) is 3.01. The van der Waals surface area contributed by atoms with E-state index >= 15 is 4.39 Å². The van der Waals surface area contributed by atoms with Crippen LogP contribution in [0, 0.1) is 30.0 Å². The van der Waals surface area contributed by atoms with Gasteiger partial charge in [0.1, 0.15) is 30.0 Å². The molecule has 0 unspecified atom stereocenters. The number of amides is 1. The van der Waals surface area contributed by atoms with Crippen LogP contribution in [-0.4, -0.2) is 35.3 Å². The molecule has 1 fully saturated rings. The molecule has 8 nitrogen and oxygen atoms in total. The Bertz CT molecular complexity index is 1360.